The van der Waals surface area contributed by atoms with Crippen LogP contribution >= 0.6 is 0 Å². The Kier molecular flexibility index (Phi) is 4.04. The third-order valence-corrected chi connectivity index (χ3v) is 3.33. The van der Waals surface area contributed by atoms with Crippen molar-refractivity contribution >= 4 is 15.7 Å². The minimum atomic E-state index is -4.15. The predicted molar refractivity (Wildman–Crippen MR) is 59.4 cm³/mol. The molecule has 0 fully saturated rings. The topological polar surface area (TPSA) is 72.2 Å². The van der Waals surface area contributed by atoms with Gasteiger partial charge in [0.15, 0.2) is 11.6 Å². The van der Waals surface area contributed by atoms with E-state index in [-0.39, 0.29) is 18.7 Å². The van der Waals surface area contributed by atoms with Gasteiger partial charge in [-0.15, -0.1) is 12.3 Å². The standard InChI is InChI=1S/C10H10F2N2O2S/c1-2-3-4-14-17(15,16)9-6-7(13)5-8(11)10(9)12/h1,5-6,14H,3-4,13H2. The SMILES string of the molecule is C#CCCNS(=O)(=O)c1cc(N)cc(F)c1F. The molecule has 0 aromatic heterocycles. The van der Waals surface area contributed by atoms with Crippen molar-refractivity contribution < 1.29 is 17.2 Å². The molecule has 17 heavy (non-hydrogen) atoms. The molecule has 0 atom stereocenters. The van der Waals surface area contributed by atoms with E-state index in [1.165, 1.54) is 0 Å². The minimum absolute atomic E-state index is 0.0608. The molecule has 3 N–H and O–H groups in total. The van der Waals surface area contributed by atoms with E-state index in [1.807, 2.05) is 4.72 Å². The lowest BCUT2D eigenvalue weighted by atomic mass is 10.3. The molecule has 0 radical (unpaired) electrons. The van der Waals surface area contributed by atoms with Crippen LogP contribution < -0.4 is 10.5 Å². The number of anilines is 1. The number of nitrogens with one attached hydrogen (secondary N) is 1. The number of rotatable bonds is 4. The molecule has 4 nitrogen and oxygen atoms in total. The van der Waals surface area contributed by atoms with Gasteiger partial charge in [-0.3, -0.25) is 0 Å². The first-order valence-electron chi connectivity index (χ1n) is 4.56. The fourth-order valence-electron chi connectivity index (χ4n) is 1.11. The largest absolute Gasteiger partial charge is 0.399 e. The van der Waals surface area contributed by atoms with E-state index in [4.69, 9.17) is 12.2 Å². The zero-order valence-electron chi connectivity index (χ0n) is 8.70. The summed E-state index contributed by atoms with van der Waals surface area (Å²) in [7, 11) is -4.15. The van der Waals surface area contributed by atoms with E-state index in [0.717, 1.165) is 6.07 Å². The predicted octanol–water partition coefficient (Wildman–Crippen LogP) is 0.849. The summed E-state index contributed by atoms with van der Waals surface area (Å²) in [5.74, 6) is -0.573. The van der Waals surface area contributed by atoms with Crippen molar-refractivity contribution in [2.75, 3.05) is 12.3 Å². The molecule has 0 bridgehead atoms. The first kappa shape index (κ1) is 13.4. The summed E-state index contributed by atoms with van der Waals surface area (Å²) in [6, 6.07) is 1.55. The Morgan fingerprint density at radius 2 is 2.06 bits per heavy atom. The van der Waals surface area contributed by atoms with Crippen LogP contribution in [0, 0.1) is 24.0 Å². The molecular weight excluding hydrogens is 250 g/mol. The zero-order chi connectivity index (χ0) is 13.1. The second-order valence-corrected chi connectivity index (χ2v) is 4.90. The fourth-order valence-corrected chi connectivity index (χ4v) is 2.27. The number of nitrogens with two attached hydrogens (primary N) is 1. The lowest BCUT2D eigenvalue weighted by Crippen LogP contribution is -2.26. The molecule has 0 saturated heterocycles. The van der Waals surface area contributed by atoms with Crippen LogP contribution in [-0.4, -0.2) is 15.0 Å². The number of hydrogen-bond acceptors (Lipinski definition) is 3. The summed E-state index contributed by atoms with van der Waals surface area (Å²) >= 11 is 0. The van der Waals surface area contributed by atoms with Crippen molar-refractivity contribution in [2.45, 2.75) is 11.3 Å². The first-order valence-corrected chi connectivity index (χ1v) is 6.04. The molecule has 0 saturated carbocycles. The van der Waals surface area contributed by atoms with E-state index >= 15 is 0 Å². The van der Waals surface area contributed by atoms with Gasteiger partial charge in [0, 0.05) is 18.7 Å². The first-order chi connectivity index (χ1) is 7.88. The van der Waals surface area contributed by atoms with Crippen LogP contribution in [0.5, 0.6) is 0 Å². The number of terminal acetylenes is 1. The van der Waals surface area contributed by atoms with Crippen LogP contribution in [0.3, 0.4) is 0 Å². The Morgan fingerprint density at radius 1 is 1.41 bits per heavy atom. The Balaban J connectivity index is 3.12. The van der Waals surface area contributed by atoms with Crippen molar-refractivity contribution in [3.05, 3.63) is 23.8 Å². The van der Waals surface area contributed by atoms with E-state index in [1.54, 1.807) is 0 Å². The Hall–Kier alpha value is -1.65. The monoisotopic (exact) mass is 260 g/mol. The maximum absolute atomic E-state index is 13.3. The molecule has 1 rings (SSSR count). The average molecular weight is 260 g/mol. The van der Waals surface area contributed by atoms with Gasteiger partial charge in [0.1, 0.15) is 4.90 Å². The van der Waals surface area contributed by atoms with E-state index in [0.29, 0.717) is 6.07 Å². The third kappa shape index (κ3) is 3.15. The van der Waals surface area contributed by atoms with Gasteiger partial charge in [0.25, 0.3) is 0 Å². The van der Waals surface area contributed by atoms with Gasteiger partial charge in [-0.1, -0.05) is 0 Å². The molecule has 92 valence electrons. The fraction of sp³-hybridized carbons (Fsp3) is 0.200. The van der Waals surface area contributed by atoms with Crippen molar-refractivity contribution in [3.8, 4) is 12.3 Å². The summed E-state index contributed by atoms with van der Waals surface area (Å²) in [5, 5.41) is 0. The van der Waals surface area contributed by atoms with Gasteiger partial charge in [0.2, 0.25) is 10.0 Å². The maximum atomic E-state index is 13.3. The zero-order valence-corrected chi connectivity index (χ0v) is 9.52. The van der Waals surface area contributed by atoms with E-state index < -0.39 is 26.6 Å². The van der Waals surface area contributed by atoms with Crippen LogP contribution in [-0.2, 0) is 10.0 Å². The molecule has 0 unspecified atom stereocenters. The van der Waals surface area contributed by atoms with E-state index in [9.17, 15) is 17.2 Å². The molecule has 1 aromatic rings. The Bertz CT molecular complexity index is 564. The van der Waals surface area contributed by atoms with Crippen LogP contribution in [0.1, 0.15) is 6.42 Å². The van der Waals surface area contributed by atoms with Crippen molar-refractivity contribution in [1.82, 2.24) is 4.72 Å². The maximum Gasteiger partial charge on any atom is 0.243 e. The third-order valence-electron chi connectivity index (χ3n) is 1.87. The number of benzene rings is 1. The summed E-state index contributed by atoms with van der Waals surface area (Å²) in [6.45, 7) is -0.0608. The summed E-state index contributed by atoms with van der Waals surface area (Å²) in [5.41, 5.74) is 5.07. The number of sulfonamides is 1. The highest BCUT2D eigenvalue weighted by Gasteiger charge is 2.22. The van der Waals surface area contributed by atoms with Crippen molar-refractivity contribution in [2.24, 2.45) is 0 Å². The Morgan fingerprint density at radius 3 is 2.65 bits per heavy atom. The van der Waals surface area contributed by atoms with Gasteiger partial charge in [-0.2, -0.15) is 0 Å². The van der Waals surface area contributed by atoms with Crippen molar-refractivity contribution in [1.29, 1.82) is 0 Å². The summed E-state index contributed by atoms with van der Waals surface area (Å²) < 4.78 is 51.5. The lowest BCUT2D eigenvalue weighted by Gasteiger charge is -2.07. The highest BCUT2D eigenvalue weighted by Crippen LogP contribution is 2.20. The molecule has 0 heterocycles. The average Bonchev–Trinajstić information content (AvgIpc) is 2.23. The molecule has 1 aromatic carbocycles. The number of halogens is 2. The van der Waals surface area contributed by atoms with Gasteiger partial charge in [0.05, 0.1) is 0 Å². The smallest absolute Gasteiger partial charge is 0.243 e. The molecule has 0 aliphatic carbocycles. The second-order valence-electron chi connectivity index (χ2n) is 3.17. The molecule has 0 spiro atoms. The number of hydrogen-bond donors (Lipinski definition) is 2. The van der Waals surface area contributed by atoms with Gasteiger partial charge in [-0.05, 0) is 12.1 Å². The number of nitrogen functional groups attached to an aromatic ring is 1. The van der Waals surface area contributed by atoms with Crippen LogP contribution in [0.25, 0.3) is 0 Å². The normalized spacial score (nSPS) is 11.1. The van der Waals surface area contributed by atoms with Crippen molar-refractivity contribution in [3.63, 3.8) is 0 Å². The van der Waals surface area contributed by atoms with Crippen LogP contribution in [0.2, 0.25) is 0 Å². The Labute approximate surface area is 97.9 Å². The minimum Gasteiger partial charge on any atom is -0.399 e. The van der Waals surface area contributed by atoms with Crippen LogP contribution in [0.4, 0.5) is 14.5 Å². The van der Waals surface area contributed by atoms with Gasteiger partial charge >= 0.3 is 0 Å². The van der Waals surface area contributed by atoms with E-state index in [2.05, 4.69) is 5.92 Å². The molecule has 7 heteroatoms. The summed E-state index contributed by atoms with van der Waals surface area (Å²) in [6.07, 6.45) is 5.08. The quantitative estimate of drug-likeness (QED) is 0.479. The van der Waals surface area contributed by atoms with Gasteiger partial charge in [-0.25, -0.2) is 21.9 Å². The summed E-state index contributed by atoms with van der Waals surface area (Å²) in [4.78, 5) is -0.827. The molecular formula is C10H10F2N2O2S. The van der Waals surface area contributed by atoms with Crippen LogP contribution in [0.15, 0.2) is 17.0 Å². The molecule has 0 aliphatic rings. The lowest BCUT2D eigenvalue weighted by molar-refractivity contribution is 0.484. The highest BCUT2D eigenvalue weighted by molar-refractivity contribution is 7.89. The highest BCUT2D eigenvalue weighted by atomic mass is 32.2. The second kappa shape index (κ2) is 5.12. The molecule has 0 amide bonds. The molecule has 0 aliphatic heterocycles. The van der Waals surface area contributed by atoms with Gasteiger partial charge < -0.3 is 5.73 Å².